The predicted octanol–water partition coefficient (Wildman–Crippen LogP) is 0.475. The number of piperazine rings is 1. The van der Waals surface area contributed by atoms with Crippen LogP contribution in [0, 0.1) is 11.3 Å². The van der Waals surface area contributed by atoms with Crippen LogP contribution in [-0.2, 0) is 14.8 Å². The number of nitrogens with one attached hydrogen (secondary N) is 2. The van der Waals surface area contributed by atoms with Crippen LogP contribution in [0.4, 0.5) is 5.69 Å². The third-order valence-electron chi connectivity index (χ3n) is 5.04. The molecule has 1 saturated heterocycles. The highest BCUT2D eigenvalue weighted by Gasteiger charge is 2.35. The number of para-hydroxylation sites is 1. The quantitative estimate of drug-likeness (QED) is 0.764. The average molecular weight is 399 g/mol. The zero-order valence-electron chi connectivity index (χ0n) is 15.6. The third-order valence-corrected chi connectivity index (χ3v) is 6.99. The van der Waals surface area contributed by atoms with Gasteiger partial charge in [-0.15, -0.1) is 0 Å². The van der Waals surface area contributed by atoms with Crippen LogP contribution in [0.15, 0.2) is 59.5 Å². The monoisotopic (exact) mass is 399 g/mol. The minimum Gasteiger partial charge on any atom is -0.323 e. The number of nitrogens with zero attached hydrogens (tertiary/aromatic N) is 2. The number of carbonyl (C=O) groups excluding carboxylic acids is 1. The standard InChI is InChI=1S/C20H22N4O3S/c1-16(20(25)22-18-8-3-2-4-9-18)23-11-13-24(14-12-23)28(26,27)19-10-6-5-7-17(19)15-21/h2-10,16H,11-14H2,1H3,(H,22,25)/p+1/t16-/m1/s1. The van der Waals surface area contributed by atoms with E-state index in [-0.39, 0.29) is 22.4 Å². The Morgan fingerprint density at radius 3 is 2.36 bits per heavy atom. The van der Waals surface area contributed by atoms with Crippen molar-refractivity contribution in [1.29, 1.82) is 5.26 Å². The fourth-order valence-corrected chi connectivity index (χ4v) is 4.91. The van der Waals surface area contributed by atoms with E-state index in [2.05, 4.69) is 5.32 Å². The first-order valence-corrected chi connectivity index (χ1v) is 10.6. The lowest BCUT2D eigenvalue weighted by atomic mass is 10.2. The summed E-state index contributed by atoms with van der Waals surface area (Å²) < 4.78 is 27.2. The van der Waals surface area contributed by atoms with Gasteiger partial charge >= 0.3 is 0 Å². The van der Waals surface area contributed by atoms with Gasteiger partial charge in [-0.05, 0) is 31.2 Å². The summed E-state index contributed by atoms with van der Waals surface area (Å²) in [6.45, 7) is 3.51. The summed E-state index contributed by atoms with van der Waals surface area (Å²) in [7, 11) is -3.73. The SMILES string of the molecule is C[C@H](C(=O)Nc1ccccc1)[NH+]1CCN(S(=O)(=O)c2ccccc2C#N)CC1. The summed E-state index contributed by atoms with van der Waals surface area (Å²) in [5.74, 6) is -0.0904. The smallest absolute Gasteiger partial charge is 0.282 e. The van der Waals surface area contributed by atoms with Crippen molar-refractivity contribution in [1.82, 2.24) is 4.31 Å². The van der Waals surface area contributed by atoms with E-state index in [0.29, 0.717) is 26.2 Å². The van der Waals surface area contributed by atoms with Gasteiger partial charge in [0.05, 0.1) is 36.6 Å². The Labute approximate surface area is 165 Å². The molecule has 0 bridgehead atoms. The Bertz CT molecular complexity index is 978. The molecule has 3 rings (SSSR count). The minimum absolute atomic E-state index is 0.0378. The number of hydrogen-bond donors (Lipinski definition) is 2. The van der Waals surface area contributed by atoms with E-state index in [1.807, 2.05) is 43.3 Å². The lowest BCUT2D eigenvalue weighted by Crippen LogP contribution is -3.19. The fourth-order valence-electron chi connectivity index (χ4n) is 3.33. The van der Waals surface area contributed by atoms with Crippen LogP contribution >= 0.6 is 0 Å². The molecule has 146 valence electrons. The lowest BCUT2D eigenvalue weighted by molar-refractivity contribution is -0.917. The molecular formula is C20H23N4O3S+. The second kappa shape index (κ2) is 8.52. The van der Waals surface area contributed by atoms with Crippen LogP contribution in [0.2, 0.25) is 0 Å². The molecule has 0 spiro atoms. The highest BCUT2D eigenvalue weighted by atomic mass is 32.2. The van der Waals surface area contributed by atoms with Crippen LogP contribution in [0.5, 0.6) is 0 Å². The van der Waals surface area contributed by atoms with Gasteiger partial charge in [0.15, 0.2) is 6.04 Å². The molecule has 1 heterocycles. The van der Waals surface area contributed by atoms with E-state index < -0.39 is 10.0 Å². The topological polar surface area (TPSA) is 94.7 Å². The minimum atomic E-state index is -3.73. The summed E-state index contributed by atoms with van der Waals surface area (Å²) >= 11 is 0. The summed E-state index contributed by atoms with van der Waals surface area (Å²) in [6.07, 6.45) is 0. The molecule has 28 heavy (non-hydrogen) atoms. The van der Waals surface area contributed by atoms with Crippen molar-refractivity contribution in [2.45, 2.75) is 17.9 Å². The molecule has 2 aromatic carbocycles. The van der Waals surface area contributed by atoms with Crippen molar-refractivity contribution in [2.24, 2.45) is 0 Å². The first-order chi connectivity index (χ1) is 13.4. The molecule has 0 radical (unpaired) electrons. The number of hydrogen-bond acceptors (Lipinski definition) is 4. The molecule has 1 atom stereocenters. The van der Waals surface area contributed by atoms with E-state index in [9.17, 15) is 18.5 Å². The van der Waals surface area contributed by atoms with Gasteiger partial charge in [-0.25, -0.2) is 8.42 Å². The summed E-state index contributed by atoms with van der Waals surface area (Å²) in [6, 6.07) is 17.1. The molecule has 0 unspecified atom stereocenters. The van der Waals surface area contributed by atoms with E-state index in [1.165, 1.54) is 16.4 Å². The number of benzene rings is 2. The van der Waals surface area contributed by atoms with Crippen LogP contribution in [0.25, 0.3) is 0 Å². The summed E-state index contributed by atoms with van der Waals surface area (Å²) in [4.78, 5) is 13.6. The van der Waals surface area contributed by atoms with Gasteiger partial charge in [0.2, 0.25) is 10.0 Å². The average Bonchev–Trinajstić information content (AvgIpc) is 2.74. The number of quaternary nitrogens is 1. The fraction of sp³-hybridized carbons (Fsp3) is 0.300. The van der Waals surface area contributed by atoms with Crippen LogP contribution in [-0.4, -0.2) is 50.9 Å². The molecule has 7 nitrogen and oxygen atoms in total. The van der Waals surface area contributed by atoms with Crippen molar-refractivity contribution >= 4 is 21.6 Å². The van der Waals surface area contributed by atoms with Crippen LogP contribution < -0.4 is 10.2 Å². The largest absolute Gasteiger partial charge is 0.323 e. The molecule has 0 aliphatic carbocycles. The van der Waals surface area contributed by atoms with Gasteiger partial charge in [0.1, 0.15) is 6.07 Å². The molecule has 1 fully saturated rings. The maximum absolute atomic E-state index is 12.9. The third kappa shape index (κ3) is 4.22. The molecule has 2 N–H and O–H groups in total. The highest BCUT2D eigenvalue weighted by molar-refractivity contribution is 7.89. The van der Waals surface area contributed by atoms with Gasteiger partial charge in [0, 0.05) is 5.69 Å². The second-order valence-corrected chi connectivity index (χ2v) is 8.65. The van der Waals surface area contributed by atoms with Gasteiger partial charge in [-0.2, -0.15) is 9.57 Å². The molecule has 0 saturated carbocycles. The number of anilines is 1. The van der Waals surface area contributed by atoms with Crippen molar-refractivity contribution in [2.75, 3.05) is 31.5 Å². The van der Waals surface area contributed by atoms with E-state index >= 15 is 0 Å². The number of nitriles is 1. The highest BCUT2D eigenvalue weighted by Crippen LogP contribution is 2.19. The molecule has 1 amide bonds. The summed E-state index contributed by atoms with van der Waals surface area (Å²) in [5, 5.41) is 12.1. The number of sulfonamides is 1. The van der Waals surface area contributed by atoms with Crippen molar-refractivity contribution in [3.8, 4) is 6.07 Å². The Balaban J connectivity index is 1.64. The van der Waals surface area contributed by atoms with Crippen molar-refractivity contribution in [3.63, 3.8) is 0 Å². The van der Waals surface area contributed by atoms with Crippen molar-refractivity contribution < 1.29 is 18.1 Å². The first kappa shape index (κ1) is 20.0. The van der Waals surface area contributed by atoms with E-state index in [4.69, 9.17) is 0 Å². The first-order valence-electron chi connectivity index (χ1n) is 9.13. The maximum atomic E-state index is 12.9. The Morgan fingerprint density at radius 1 is 1.11 bits per heavy atom. The molecule has 1 aliphatic rings. The number of amides is 1. The van der Waals surface area contributed by atoms with Gasteiger partial charge in [0.25, 0.3) is 5.91 Å². The Kier molecular flexibility index (Phi) is 6.09. The zero-order chi connectivity index (χ0) is 20.1. The number of rotatable bonds is 5. The van der Waals surface area contributed by atoms with Crippen molar-refractivity contribution in [3.05, 3.63) is 60.2 Å². The maximum Gasteiger partial charge on any atom is 0.282 e. The molecular weight excluding hydrogens is 376 g/mol. The molecule has 2 aromatic rings. The molecule has 1 aliphatic heterocycles. The molecule has 0 aromatic heterocycles. The van der Waals surface area contributed by atoms with Gasteiger partial charge in [-0.3, -0.25) is 4.79 Å². The predicted molar refractivity (Wildman–Crippen MR) is 105 cm³/mol. The van der Waals surface area contributed by atoms with E-state index in [1.54, 1.807) is 12.1 Å². The lowest BCUT2D eigenvalue weighted by Gasteiger charge is -2.34. The van der Waals surface area contributed by atoms with Gasteiger partial charge < -0.3 is 10.2 Å². The number of carbonyl (C=O) groups is 1. The van der Waals surface area contributed by atoms with E-state index in [0.717, 1.165) is 10.6 Å². The van der Waals surface area contributed by atoms with Gasteiger partial charge in [-0.1, -0.05) is 30.3 Å². The second-order valence-electron chi connectivity index (χ2n) is 6.75. The summed E-state index contributed by atoms with van der Waals surface area (Å²) in [5.41, 5.74) is 0.890. The molecule has 8 heteroatoms. The Morgan fingerprint density at radius 2 is 1.71 bits per heavy atom. The van der Waals surface area contributed by atoms with Crippen LogP contribution in [0.1, 0.15) is 12.5 Å². The Hall–Kier alpha value is -2.73. The zero-order valence-corrected chi connectivity index (χ0v) is 16.4. The normalized spacial score (nSPS) is 16.9. The van der Waals surface area contributed by atoms with Crippen LogP contribution in [0.3, 0.4) is 0 Å².